The maximum atomic E-state index is 12.6. The van der Waals surface area contributed by atoms with Crippen molar-refractivity contribution in [1.82, 2.24) is 5.32 Å². The molecule has 1 amide bonds. The van der Waals surface area contributed by atoms with E-state index in [1.807, 2.05) is 0 Å². The fourth-order valence-corrected chi connectivity index (χ4v) is 1.43. The minimum Gasteiger partial charge on any atom is -0.351 e. The summed E-state index contributed by atoms with van der Waals surface area (Å²) in [6, 6.07) is 0.0671. The first-order chi connectivity index (χ1) is 5.09. The molecule has 2 nitrogen and oxygen atoms in total. The fraction of sp³-hybridized carbons (Fsp3) is 0.875. The zero-order valence-electron chi connectivity index (χ0n) is 6.93. The number of hydrogen-bond donors (Lipinski definition) is 1. The molecule has 0 saturated carbocycles. The summed E-state index contributed by atoms with van der Waals surface area (Å²) < 4.78 is 12.6. The molecule has 0 aliphatic carbocycles. The third-order valence-electron chi connectivity index (χ3n) is 1.88. The van der Waals surface area contributed by atoms with Crippen LogP contribution in [0.1, 0.15) is 26.7 Å². The monoisotopic (exact) mass is 159 g/mol. The Morgan fingerprint density at radius 1 is 1.73 bits per heavy atom. The molecule has 0 aromatic rings. The molecule has 2 atom stereocenters. The van der Waals surface area contributed by atoms with E-state index in [-0.39, 0.29) is 6.04 Å². The Labute approximate surface area is 66.2 Å². The van der Waals surface area contributed by atoms with Crippen LogP contribution in [0.15, 0.2) is 0 Å². The van der Waals surface area contributed by atoms with E-state index in [9.17, 15) is 9.18 Å². The molecule has 0 aromatic heterocycles. The minimum absolute atomic E-state index is 0.0671. The van der Waals surface area contributed by atoms with Crippen LogP contribution in [0.4, 0.5) is 4.39 Å². The minimum atomic E-state index is -1.27. The van der Waals surface area contributed by atoms with E-state index in [1.165, 1.54) is 0 Å². The summed E-state index contributed by atoms with van der Waals surface area (Å²) in [6.07, 6.45) is -0.0258. The van der Waals surface area contributed by atoms with Crippen LogP contribution in [0.2, 0.25) is 0 Å². The third kappa shape index (κ3) is 2.17. The number of amides is 1. The number of nitrogens with one attached hydrogen (secondary N) is 1. The van der Waals surface area contributed by atoms with Gasteiger partial charge in [0, 0.05) is 12.5 Å². The van der Waals surface area contributed by atoms with Crippen molar-refractivity contribution in [1.29, 1.82) is 0 Å². The van der Waals surface area contributed by atoms with Crippen LogP contribution in [-0.2, 0) is 4.79 Å². The van der Waals surface area contributed by atoms with Crippen molar-refractivity contribution in [2.24, 2.45) is 5.92 Å². The van der Waals surface area contributed by atoms with Crippen molar-refractivity contribution in [3.05, 3.63) is 0 Å². The molecule has 2 unspecified atom stereocenters. The lowest BCUT2D eigenvalue weighted by molar-refractivity contribution is -0.123. The predicted octanol–water partition coefficient (Wildman–Crippen LogP) is 1.26. The Morgan fingerprint density at radius 2 is 2.36 bits per heavy atom. The molecule has 0 aromatic carbocycles. The van der Waals surface area contributed by atoms with Gasteiger partial charge < -0.3 is 5.32 Å². The molecule has 1 heterocycles. The van der Waals surface area contributed by atoms with Crippen LogP contribution in [-0.4, -0.2) is 18.1 Å². The first kappa shape index (κ1) is 8.50. The van der Waals surface area contributed by atoms with Gasteiger partial charge in [0.2, 0.25) is 0 Å². The van der Waals surface area contributed by atoms with Crippen LogP contribution < -0.4 is 5.32 Å². The van der Waals surface area contributed by atoms with E-state index >= 15 is 0 Å². The zero-order valence-corrected chi connectivity index (χ0v) is 6.93. The number of rotatable bonds is 2. The quantitative estimate of drug-likeness (QED) is 0.645. The van der Waals surface area contributed by atoms with Gasteiger partial charge >= 0.3 is 0 Å². The standard InChI is InChI=1S/C8H14FNO/c1-5(2)3-6-4-7(9)8(11)10-6/h5-7H,3-4H2,1-2H3,(H,10,11). The average Bonchev–Trinajstić information content (AvgIpc) is 2.10. The second-order valence-electron chi connectivity index (χ2n) is 3.54. The molecule has 1 fully saturated rings. The number of carbonyl (C=O) groups is 1. The highest BCUT2D eigenvalue weighted by Crippen LogP contribution is 2.17. The largest absolute Gasteiger partial charge is 0.351 e. The molecule has 1 aliphatic heterocycles. The average molecular weight is 159 g/mol. The molecule has 0 spiro atoms. The van der Waals surface area contributed by atoms with Crippen molar-refractivity contribution >= 4 is 5.91 Å². The van der Waals surface area contributed by atoms with Crippen LogP contribution in [0.3, 0.4) is 0 Å². The molecule has 3 heteroatoms. The Morgan fingerprint density at radius 3 is 2.73 bits per heavy atom. The van der Waals surface area contributed by atoms with E-state index in [1.54, 1.807) is 0 Å². The van der Waals surface area contributed by atoms with Crippen molar-refractivity contribution in [3.8, 4) is 0 Å². The van der Waals surface area contributed by atoms with Gasteiger partial charge in [-0.1, -0.05) is 13.8 Å². The summed E-state index contributed by atoms with van der Waals surface area (Å²) in [7, 11) is 0. The van der Waals surface area contributed by atoms with Crippen molar-refractivity contribution in [2.75, 3.05) is 0 Å². The molecule has 1 saturated heterocycles. The van der Waals surface area contributed by atoms with Gasteiger partial charge in [-0.2, -0.15) is 0 Å². The molecular formula is C8H14FNO. The summed E-state index contributed by atoms with van der Waals surface area (Å²) in [5, 5.41) is 2.62. The van der Waals surface area contributed by atoms with Gasteiger partial charge in [-0.3, -0.25) is 4.79 Å². The smallest absolute Gasteiger partial charge is 0.254 e. The molecule has 1 rings (SSSR count). The van der Waals surface area contributed by atoms with Gasteiger partial charge in [0.05, 0.1) is 0 Å². The number of hydrogen-bond acceptors (Lipinski definition) is 1. The van der Waals surface area contributed by atoms with Gasteiger partial charge in [-0.05, 0) is 12.3 Å². The Balaban J connectivity index is 2.35. The molecule has 11 heavy (non-hydrogen) atoms. The van der Waals surface area contributed by atoms with E-state index in [2.05, 4.69) is 19.2 Å². The maximum Gasteiger partial charge on any atom is 0.254 e. The lowest BCUT2D eigenvalue weighted by atomic mass is 10.0. The lowest BCUT2D eigenvalue weighted by Gasteiger charge is -2.11. The molecule has 64 valence electrons. The van der Waals surface area contributed by atoms with Crippen LogP contribution in [0, 0.1) is 5.92 Å². The highest BCUT2D eigenvalue weighted by atomic mass is 19.1. The fourth-order valence-electron chi connectivity index (χ4n) is 1.43. The Hall–Kier alpha value is -0.600. The number of carbonyl (C=O) groups excluding carboxylic acids is 1. The second kappa shape index (κ2) is 3.20. The SMILES string of the molecule is CC(C)CC1CC(F)C(=O)N1. The van der Waals surface area contributed by atoms with E-state index < -0.39 is 12.1 Å². The normalized spacial score (nSPS) is 31.1. The van der Waals surface area contributed by atoms with Crippen LogP contribution in [0.5, 0.6) is 0 Å². The first-order valence-corrected chi connectivity index (χ1v) is 4.04. The van der Waals surface area contributed by atoms with Crippen molar-refractivity contribution in [3.63, 3.8) is 0 Å². The van der Waals surface area contributed by atoms with Gasteiger partial charge in [-0.15, -0.1) is 0 Å². The van der Waals surface area contributed by atoms with Crippen LogP contribution >= 0.6 is 0 Å². The second-order valence-corrected chi connectivity index (χ2v) is 3.54. The molecule has 1 aliphatic rings. The van der Waals surface area contributed by atoms with Gasteiger partial charge in [0.15, 0.2) is 6.17 Å². The van der Waals surface area contributed by atoms with Gasteiger partial charge in [0.25, 0.3) is 5.91 Å². The highest BCUT2D eigenvalue weighted by molar-refractivity contribution is 5.83. The summed E-state index contributed by atoms with van der Waals surface area (Å²) >= 11 is 0. The maximum absolute atomic E-state index is 12.6. The number of alkyl halides is 1. The van der Waals surface area contributed by atoms with Gasteiger partial charge in [0.1, 0.15) is 0 Å². The van der Waals surface area contributed by atoms with E-state index in [0.717, 1.165) is 6.42 Å². The van der Waals surface area contributed by atoms with E-state index in [0.29, 0.717) is 12.3 Å². The Kier molecular flexibility index (Phi) is 2.47. The molecule has 0 radical (unpaired) electrons. The topological polar surface area (TPSA) is 29.1 Å². The summed E-state index contributed by atoms with van der Waals surface area (Å²) in [5.74, 6) is 0.0845. The summed E-state index contributed by atoms with van der Waals surface area (Å²) in [6.45, 7) is 4.13. The van der Waals surface area contributed by atoms with E-state index in [4.69, 9.17) is 0 Å². The highest BCUT2D eigenvalue weighted by Gasteiger charge is 2.31. The molecular weight excluding hydrogens is 145 g/mol. The van der Waals surface area contributed by atoms with Crippen molar-refractivity contribution in [2.45, 2.75) is 38.9 Å². The molecule has 1 N–H and O–H groups in total. The third-order valence-corrected chi connectivity index (χ3v) is 1.88. The summed E-state index contributed by atoms with van der Waals surface area (Å²) in [5.41, 5.74) is 0. The summed E-state index contributed by atoms with van der Waals surface area (Å²) in [4.78, 5) is 10.7. The predicted molar refractivity (Wildman–Crippen MR) is 40.9 cm³/mol. The first-order valence-electron chi connectivity index (χ1n) is 4.04. The van der Waals surface area contributed by atoms with Crippen LogP contribution in [0.25, 0.3) is 0 Å². The molecule has 0 bridgehead atoms. The van der Waals surface area contributed by atoms with Crippen molar-refractivity contribution < 1.29 is 9.18 Å². The lowest BCUT2D eigenvalue weighted by Crippen LogP contribution is -2.27. The zero-order chi connectivity index (χ0) is 8.43. The Bertz CT molecular complexity index is 158. The van der Waals surface area contributed by atoms with Gasteiger partial charge in [-0.25, -0.2) is 4.39 Å². The number of halogens is 1.